The van der Waals surface area contributed by atoms with Crippen molar-refractivity contribution in [2.75, 3.05) is 7.11 Å². The van der Waals surface area contributed by atoms with Gasteiger partial charge in [-0.05, 0) is 48.4 Å². The van der Waals surface area contributed by atoms with Gasteiger partial charge < -0.3 is 4.74 Å². The van der Waals surface area contributed by atoms with Gasteiger partial charge in [0, 0.05) is 14.3 Å². The number of rotatable bonds is 4. The Bertz CT molecular complexity index is 608. The number of halogens is 1. The zero-order chi connectivity index (χ0) is 14.5. The van der Waals surface area contributed by atoms with Crippen LogP contribution in [-0.2, 0) is 11.2 Å². The fraction of sp³-hybridized carbons (Fsp3) is 0.188. The number of esters is 1. The second-order valence-electron chi connectivity index (χ2n) is 4.22. The molecule has 0 fully saturated rings. The van der Waals surface area contributed by atoms with Crippen LogP contribution < -0.4 is 0 Å². The van der Waals surface area contributed by atoms with Crippen LogP contribution in [0.4, 0.5) is 0 Å². The molecule has 2 aromatic rings. The summed E-state index contributed by atoms with van der Waals surface area (Å²) in [7, 11) is 1.39. The van der Waals surface area contributed by atoms with Gasteiger partial charge in [-0.15, -0.1) is 0 Å². The van der Waals surface area contributed by atoms with E-state index in [-0.39, 0.29) is 5.97 Å². The van der Waals surface area contributed by atoms with E-state index in [2.05, 4.69) is 45.8 Å². The average molecular weight is 351 g/mol. The average Bonchev–Trinajstić information content (AvgIpc) is 2.47. The van der Waals surface area contributed by atoms with Crippen molar-refractivity contribution in [2.45, 2.75) is 23.1 Å². The monoisotopic (exact) mass is 350 g/mol. The second kappa shape index (κ2) is 6.95. The topological polar surface area (TPSA) is 26.3 Å². The van der Waals surface area contributed by atoms with Crippen molar-refractivity contribution >= 4 is 33.7 Å². The first-order chi connectivity index (χ1) is 9.63. The van der Waals surface area contributed by atoms with Gasteiger partial charge in [-0.25, -0.2) is 4.79 Å². The van der Waals surface area contributed by atoms with E-state index < -0.39 is 0 Å². The molecule has 0 aliphatic carbocycles. The molecule has 4 heteroatoms. The number of ether oxygens (including phenoxy) is 1. The van der Waals surface area contributed by atoms with Crippen molar-refractivity contribution in [3.63, 3.8) is 0 Å². The van der Waals surface area contributed by atoms with E-state index in [1.165, 1.54) is 17.6 Å². The molecule has 2 aromatic carbocycles. The van der Waals surface area contributed by atoms with Crippen LogP contribution in [0.3, 0.4) is 0 Å². The second-order valence-corrected chi connectivity index (χ2v) is 6.23. The van der Waals surface area contributed by atoms with Crippen molar-refractivity contribution in [1.82, 2.24) is 0 Å². The minimum absolute atomic E-state index is 0.309. The largest absolute Gasteiger partial charge is 0.465 e. The Morgan fingerprint density at radius 3 is 2.35 bits per heavy atom. The lowest BCUT2D eigenvalue weighted by Crippen LogP contribution is -2.00. The predicted molar refractivity (Wildman–Crippen MR) is 85.4 cm³/mol. The molecule has 0 amide bonds. The van der Waals surface area contributed by atoms with Crippen LogP contribution in [0.25, 0.3) is 0 Å². The standard InChI is InChI=1S/C16H15BrO2S/c1-3-11-4-9-14(10-15(11)17)20-13-7-5-12(6-8-13)16(18)19-2/h4-10H,3H2,1-2H3. The normalized spacial score (nSPS) is 10.3. The molecule has 2 nitrogen and oxygen atoms in total. The van der Waals surface area contributed by atoms with Crippen molar-refractivity contribution in [3.8, 4) is 0 Å². The van der Waals surface area contributed by atoms with Crippen LogP contribution in [-0.4, -0.2) is 13.1 Å². The molecule has 0 aliphatic rings. The fourth-order valence-corrected chi connectivity index (χ4v) is 3.46. The highest BCUT2D eigenvalue weighted by Crippen LogP contribution is 2.31. The Hall–Kier alpha value is -1.26. The van der Waals surface area contributed by atoms with E-state index in [1.807, 2.05) is 12.1 Å². The molecule has 0 unspecified atom stereocenters. The van der Waals surface area contributed by atoms with E-state index in [0.29, 0.717) is 5.56 Å². The minimum Gasteiger partial charge on any atom is -0.465 e. The first-order valence-corrected chi connectivity index (χ1v) is 7.89. The number of benzene rings is 2. The van der Waals surface area contributed by atoms with Gasteiger partial charge in [-0.3, -0.25) is 0 Å². The molecular weight excluding hydrogens is 336 g/mol. The van der Waals surface area contributed by atoms with Crippen LogP contribution in [0.15, 0.2) is 56.7 Å². The Morgan fingerprint density at radius 1 is 1.15 bits per heavy atom. The number of carbonyl (C=O) groups is 1. The number of hydrogen-bond acceptors (Lipinski definition) is 3. The molecule has 0 spiro atoms. The third-order valence-electron chi connectivity index (χ3n) is 2.92. The molecule has 20 heavy (non-hydrogen) atoms. The Labute approximate surface area is 131 Å². The van der Waals surface area contributed by atoms with E-state index in [4.69, 9.17) is 0 Å². The SMILES string of the molecule is CCc1ccc(Sc2ccc(C(=O)OC)cc2)cc1Br. The maximum absolute atomic E-state index is 11.4. The van der Waals surface area contributed by atoms with E-state index in [0.717, 1.165) is 15.8 Å². The summed E-state index contributed by atoms with van der Waals surface area (Å²) in [6, 6.07) is 13.8. The summed E-state index contributed by atoms with van der Waals surface area (Å²) >= 11 is 5.25. The van der Waals surface area contributed by atoms with Crippen LogP contribution in [0.5, 0.6) is 0 Å². The van der Waals surface area contributed by atoms with E-state index >= 15 is 0 Å². The van der Waals surface area contributed by atoms with Gasteiger partial charge in [-0.1, -0.05) is 40.7 Å². The van der Waals surface area contributed by atoms with Gasteiger partial charge in [0.25, 0.3) is 0 Å². The lowest BCUT2D eigenvalue weighted by molar-refractivity contribution is 0.0600. The zero-order valence-corrected chi connectivity index (χ0v) is 13.8. The van der Waals surface area contributed by atoms with Crippen molar-refractivity contribution in [3.05, 3.63) is 58.1 Å². The van der Waals surface area contributed by atoms with Crippen LogP contribution in [0.1, 0.15) is 22.8 Å². The molecule has 0 atom stereocenters. The molecular formula is C16H15BrO2S. The molecule has 0 radical (unpaired) electrons. The van der Waals surface area contributed by atoms with Crippen LogP contribution in [0, 0.1) is 0 Å². The van der Waals surface area contributed by atoms with Crippen LogP contribution in [0.2, 0.25) is 0 Å². The molecule has 104 valence electrons. The highest BCUT2D eigenvalue weighted by Gasteiger charge is 2.06. The summed E-state index contributed by atoms with van der Waals surface area (Å²) < 4.78 is 5.82. The van der Waals surface area contributed by atoms with Crippen molar-refractivity contribution in [1.29, 1.82) is 0 Å². The van der Waals surface area contributed by atoms with Gasteiger partial charge in [0.2, 0.25) is 0 Å². The summed E-state index contributed by atoms with van der Waals surface area (Å²) in [5.41, 5.74) is 1.87. The summed E-state index contributed by atoms with van der Waals surface area (Å²) in [5, 5.41) is 0. The third kappa shape index (κ3) is 3.64. The summed E-state index contributed by atoms with van der Waals surface area (Å²) in [4.78, 5) is 13.6. The molecule has 0 N–H and O–H groups in total. The Kier molecular flexibility index (Phi) is 5.26. The first kappa shape index (κ1) is 15.1. The smallest absolute Gasteiger partial charge is 0.337 e. The number of methoxy groups -OCH3 is 1. The van der Waals surface area contributed by atoms with Gasteiger partial charge in [0.05, 0.1) is 12.7 Å². The third-order valence-corrected chi connectivity index (χ3v) is 4.65. The van der Waals surface area contributed by atoms with Crippen molar-refractivity contribution < 1.29 is 9.53 Å². The lowest BCUT2D eigenvalue weighted by atomic mass is 10.2. The van der Waals surface area contributed by atoms with E-state index in [9.17, 15) is 4.79 Å². The Balaban J connectivity index is 2.14. The number of aryl methyl sites for hydroxylation is 1. The first-order valence-electron chi connectivity index (χ1n) is 6.28. The highest BCUT2D eigenvalue weighted by atomic mass is 79.9. The number of hydrogen-bond donors (Lipinski definition) is 0. The van der Waals surface area contributed by atoms with Gasteiger partial charge >= 0.3 is 5.97 Å². The summed E-state index contributed by atoms with van der Waals surface area (Å²) in [5.74, 6) is -0.309. The maximum Gasteiger partial charge on any atom is 0.337 e. The summed E-state index contributed by atoms with van der Waals surface area (Å²) in [6.07, 6.45) is 1.01. The minimum atomic E-state index is -0.309. The van der Waals surface area contributed by atoms with Gasteiger partial charge in [-0.2, -0.15) is 0 Å². The quantitative estimate of drug-likeness (QED) is 0.729. The summed E-state index contributed by atoms with van der Waals surface area (Å²) in [6.45, 7) is 2.14. The predicted octanol–water partition coefficient (Wildman–Crippen LogP) is 4.95. The fourth-order valence-electron chi connectivity index (χ4n) is 1.79. The molecule has 0 saturated heterocycles. The Morgan fingerprint density at radius 2 is 1.80 bits per heavy atom. The molecule has 0 bridgehead atoms. The van der Waals surface area contributed by atoms with Crippen LogP contribution >= 0.6 is 27.7 Å². The molecule has 0 saturated carbocycles. The zero-order valence-electron chi connectivity index (χ0n) is 11.4. The van der Waals surface area contributed by atoms with E-state index in [1.54, 1.807) is 23.9 Å². The highest BCUT2D eigenvalue weighted by molar-refractivity contribution is 9.10. The molecule has 2 rings (SSSR count). The molecule has 0 aromatic heterocycles. The molecule has 0 heterocycles. The van der Waals surface area contributed by atoms with Gasteiger partial charge in [0.1, 0.15) is 0 Å². The van der Waals surface area contributed by atoms with Gasteiger partial charge in [0.15, 0.2) is 0 Å². The maximum atomic E-state index is 11.4. The molecule has 0 aliphatic heterocycles. The lowest BCUT2D eigenvalue weighted by Gasteiger charge is -2.06. The number of carbonyl (C=O) groups excluding carboxylic acids is 1. The van der Waals surface area contributed by atoms with Crippen molar-refractivity contribution in [2.24, 2.45) is 0 Å².